The molecule has 1 aromatic rings. The number of aliphatic carboxylic acids is 1. The Hall–Kier alpha value is -1.66. The molecule has 0 bridgehead atoms. The van der Waals surface area contributed by atoms with Crippen LogP contribution in [0.2, 0.25) is 5.02 Å². The average molecular weight is 287 g/mol. The number of hydrogen-bond acceptors (Lipinski definition) is 4. The van der Waals surface area contributed by atoms with E-state index in [0.717, 1.165) is 0 Å². The van der Waals surface area contributed by atoms with E-state index < -0.39 is 16.9 Å². The standard InChI is InChI=1S/C12H15ClN2O4/c1-3-10(12(16)17)14(2)7-8-4-5-9(13)6-11(8)15(18)19/h4-6,10H,3,7H2,1-2H3,(H,16,17). The molecule has 104 valence electrons. The largest absolute Gasteiger partial charge is 0.480 e. The van der Waals surface area contributed by atoms with Crippen molar-refractivity contribution in [3.05, 3.63) is 38.9 Å². The Bertz CT molecular complexity index is 493. The predicted octanol–water partition coefficient (Wildman–Crippen LogP) is 2.54. The number of hydrogen-bond donors (Lipinski definition) is 1. The van der Waals surface area contributed by atoms with Crippen molar-refractivity contribution in [3.63, 3.8) is 0 Å². The van der Waals surface area contributed by atoms with Crippen LogP contribution in [0.1, 0.15) is 18.9 Å². The minimum atomic E-state index is -0.943. The van der Waals surface area contributed by atoms with Crippen molar-refractivity contribution in [2.75, 3.05) is 7.05 Å². The van der Waals surface area contributed by atoms with Crippen molar-refractivity contribution in [2.24, 2.45) is 0 Å². The number of benzene rings is 1. The number of rotatable bonds is 6. The predicted molar refractivity (Wildman–Crippen MR) is 71.3 cm³/mol. The number of nitro groups is 1. The smallest absolute Gasteiger partial charge is 0.320 e. The molecule has 0 saturated carbocycles. The minimum absolute atomic E-state index is 0.0976. The molecule has 0 aliphatic heterocycles. The molecule has 1 atom stereocenters. The molecule has 0 aromatic heterocycles. The van der Waals surface area contributed by atoms with Crippen molar-refractivity contribution < 1.29 is 14.8 Å². The molecular weight excluding hydrogens is 272 g/mol. The third kappa shape index (κ3) is 3.90. The van der Waals surface area contributed by atoms with E-state index in [9.17, 15) is 14.9 Å². The number of nitrogens with zero attached hydrogens (tertiary/aromatic N) is 2. The molecule has 1 unspecified atom stereocenters. The van der Waals surface area contributed by atoms with Crippen molar-refractivity contribution in [1.29, 1.82) is 0 Å². The summed E-state index contributed by atoms with van der Waals surface area (Å²) in [5.74, 6) is -0.943. The molecule has 0 heterocycles. The fourth-order valence-corrected chi connectivity index (χ4v) is 2.06. The van der Waals surface area contributed by atoms with Crippen LogP contribution in [-0.2, 0) is 11.3 Å². The molecule has 0 amide bonds. The van der Waals surface area contributed by atoms with Crippen LogP contribution in [0.5, 0.6) is 0 Å². The first-order valence-electron chi connectivity index (χ1n) is 5.72. The number of halogens is 1. The molecular formula is C12H15ClN2O4. The van der Waals surface area contributed by atoms with E-state index in [4.69, 9.17) is 16.7 Å². The van der Waals surface area contributed by atoms with Gasteiger partial charge in [-0.2, -0.15) is 0 Å². The summed E-state index contributed by atoms with van der Waals surface area (Å²) in [4.78, 5) is 23.0. The van der Waals surface area contributed by atoms with E-state index >= 15 is 0 Å². The van der Waals surface area contributed by atoms with Crippen LogP contribution in [0.25, 0.3) is 0 Å². The lowest BCUT2D eigenvalue weighted by atomic mass is 10.1. The Morgan fingerprint density at radius 2 is 2.21 bits per heavy atom. The molecule has 0 spiro atoms. The summed E-state index contributed by atoms with van der Waals surface area (Å²) in [6.07, 6.45) is 0.424. The molecule has 0 aliphatic carbocycles. The number of nitro benzene ring substituents is 1. The molecule has 0 saturated heterocycles. The third-order valence-corrected chi connectivity index (χ3v) is 3.10. The van der Waals surface area contributed by atoms with E-state index in [2.05, 4.69) is 0 Å². The van der Waals surface area contributed by atoms with Crippen molar-refractivity contribution in [1.82, 2.24) is 4.90 Å². The van der Waals surface area contributed by atoms with Crippen molar-refractivity contribution >= 4 is 23.3 Å². The molecule has 0 aliphatic rings. The van der Waals surface area contributed by atoms with E-state index in [1.165, 1.54) is 6.07 Å². The highest BCUT2D eigenvalue weighted by Gasteiger charge is 2.23. The summed E-state index contributed by atoms with van der Waals surface area (Å²) in [7, 11) is 1.63. The van der Waals surface area contributed by atoms with E-state index in [0.29, 0.717) is 12.0 Å². The molecule has 6 nitrogen and oxygen atoms in total. The first-order chi connectivity index (χ1) is 8.86. The maximum atomic E-state index is 11.0. The van der Waals surface area contributed by atoms with Gasteiger partial charge in [-0.05, 0) is 25.6 Å². The Morgan fingerprint density at radius 3 is 2.68 bits per heavy atom. The second-order valence-corrected chi connectivity index (χ2v) is 4.64. The zero-order chi connectivity index (χ0) is 14.6. The summed E-state index contributed by atoms with van der Waals surface area (Å²) in [5.41, 5.74) is 0.344. The highest BCUT2D eigenvalue weighted by molar-refractivity contribution is 6.30. The molecule has 0 radical (unpaired) electrons. The molecule has 7 heteroatoms. The summed E-state index contributed by atoms with van der Waals surface area (Å²) in [6, 6.07) is 3.70. The maximum absolute atomic E-state index is 11.0. The zero-order valence-corrected chi connectivity index (χ0v) is 11.4. The van der Waals surface area contributed by atoms with Gasteiger partial charge in [-0.25, -0.2) is 0 Å². The first kappa shape index (κ1) is 15.4. The summed E-state index contributed by atoms with van der Waals surface area (Å²) >= 11 is 5.73. The lowest BCUT2D eigenvalue weighted by Gasteiger charge is -2.23. The van der Waals surface area contributed by atoms with Gasteiger partial charge in [-0.3, -0.25) is 19.8 Å². The van der Waals surface area contributed by atoms with Gasteiger partial charge in [0.2, 0.25) is 0 Å². The Labute approximate surface area is 115 Å². The van der Waals surface area contributed by atoms with Gasteiger partial charge in [-0.15, -0.1) is 0 Å². The molecule has 1 N–H and O–H groups in total. The Kier molecular flexibility index (Phi) is 5.26. The Morgan fingerprint density at radius 1 is 1.58 bits per heavy atom. The highest BCUT2D eigenvalue weighted by Crippen LogP contribution is 2.24. The Balaban J connectivity index is 2.99. The van der Waals surface area contributed by atoms with Gasteiger partial charge in [0.1, 0.15) is 6.04 Å². The van der Waals surface area contributed by atoms with Crippen LogP contribution >= 0.6 is 11.6 Å². The normalized spacial score (nSPS) is 12.4. The van der Waals surface area contributed by atoms with Crippen LogP contribution in [0.15, 0.2) is 18.2 Å². The summed E-state index contributed by atoms with van der Waals surface area (Å²) in [6.45, 7) is 1.93. The monoisotopic (exact) mass is 286 g/mol. The summed E-state index contributed by atoms with van der Waals surface area (Å²) < 4.78 is 0. The fraction of sp³-hybridized carbons (Fsp3) is 0.417. The average Bonchev–Trinajstić information content (AvgIpc) is 2.31. The topological polar surface area (TPSA) is 83.7 Å². The SMILES string of the molecule is CCC(C(=O)O)N(C)Cc1ccc(Cl)cc1[N+](=O)[O-]. The number of carboxylic acids is 1. The third-order valence-electron chi connectivity index (χ3n) is 2.87. The highest BCUT2D eigenvalue weighted by atomic mass is 35.5. The fourth-order valence-electron chi connectivity index (χ4n) is 1.89. The molecule has 1 rings (SSSR count). The zero-order valence-electron chi connectivity index (χ0n) is 10.7. The van der Waals surface area contributed by atoms with Gasteiger partial charge in [0.15, 0.2) is 0 Å². The number of likely N-dealkylation sites (N-methyl/N-ethyl adjacent to an activating group) is 1. The van der Waals surface area contributed by atoms with Crippen LogP contribution < -0.4 is 0 Å². The van der Waals surface area contributed by atoms with Crippen LogP contribution in [0.3, 0.4) is 0 Å². The van der Waals surface area contributed by atoms with Gasteiger partial charge in [0.05, 0.1) is 4.92 Å². The van der Waals surface area contributed by atoms with E-state index in [-0.39, 0.29) is 17.3 Å². The second-order valence-electron chi connectivity index (χ2n) is 4.21. The van der Waals surface area contributed by atoms with Gasteiger partial charge in [0.25, 0.3) is 5.69 Å². The van der Waals surface area contributed by atoms with Gasteiger partial charge in [-0.1, -0.05) is 18.5 Å². The molecule has 0 fully saturated rings. The maximum Gasteiger partial charge on any atom is 0.320 e. The quantitative estimate of drug-likeness (QED) is 0.642. The second kappa shape index (κ2) is 6.49. The lowest BCUT2D eigenvalue weighted by molar-refractivity contribution is -0.385. The van der Waals surface area contributed by atoms with E-state index in [1.807, 2.05) is 0 Å². The van der Waals surface area contributed by atoms with E-state index in [1.54, 1.807) is 31.0 Å². The molecule has 1 aromatic carbocycles. The van der Waals surface area contributed by atoms with Crippen molar-refractivity contribution in [2.45, 2.75) is 25.9 Å². The molecule has 19 heavy (non-hydrogen) atoms. The minimum Gasteiger partial charge on any atom is -0.480 e. The summed E-state index contributed by atoms with van der Waals surface area (Å²) in [5, 5.41) is 20.3. The lowest BCUT2D eigenvalue weighted by Crippen LogP contribution is -2.37. The first-order valence-corrected chi connectivity index (χ1v) is 6.10. The number of carboxylic acid groups (broad SMARTS) is 1. The van der Waals surface area contributed by atoms with Crippen LogP contribution in [-0.4, -0.2) is 34.0 Å². The van der Waals surface area contributed by atoms with Crippen LogP contribution in [0, 0.1) is 10.1 Å². The van der Waals surface area contributed by atoms with Gasteiger partial charge in [0, 0.05) is 23.2 Å². The number of carbonyl (C=O) groups is 1. The van der Waals surface area contributed by atoms with Gasteiger partial charge < -0.3 is 5.11 Å². The van der Waals surface area contributed by atoms with Crippen molar-refractivity contribution in [3.8, 4) is 0 Å². The van der Waals surface area contributed by atoms with Gasteiger partial charge >= 0.3 is 5.97 Å². The van der Waals surface area contributed by atoms with Crippen LogP contribution in [0.4, 0.5) is 5.69 Å².